The molecule has 3 rings (SSSR count). The summed E-state index contributed by atoms with van der Waals surface area (Å²) in [7, 11) is 0. The Hall–Kier alpha value is -2.89. The van der Waals surface area contributed by atoms with Crippen LogP contribution in [0.4, 0.5) is 0 Å². The molecule has 1 aromatic carbocycles. The van der Waals surface area contributed by atoms with Gasteiger partial charge in [-0.15, -0.1) is 0 Å². The highest BCUT2D eigenvalue weighted by Gasteiger charge is 2.38. The number of pyridine rings is 1. The Labute approximate surface area is 146 Å². The van der Waals surface area contributed by atoms with Crippen LogP contribution in [0.15, 0.2) is 48.7 Å². The van der Waals surface area contributed by atoms with E-state index in [9.17, 15) is 14.7 Å². The summed E-state index contributed by atoms with van der Waals surface area (Å²) in [4.78, 5) is 29.5. The average molecular weight is 340 g/mol. The molecule has 1 aliphatic heterocycles. The number of ether oxygens (including phenoxy) is 1. The van der Waals surface area contributed by atoms with Crippen molar-refractivity contribution in [1.82, 2.24) is 9.88 Å². The van der Waals surface area contributed by atoms with Crippen molar-refractivity contribution in [3.8, 4) is 5.88 Å². The molecule has 1 amide bonds. The minimum absolute atomic E-state index is 0.196. The van der Waals surface area contributed by atoms with E-state index in [0.717, 1.165) is 5.56 Å². The van der Waals surface area contributed by atoms with Crippen LogP contribution in [0.1, 0.15) is 29.3 Å². The van der Waals surface area contributed by atoms with Crippen LogP contribution in [-0.4, -0.2) is 39.5 Å². The van der Waals surface area contributed by atoms with Gasteiger partial charge < -0.3 is 14.7 Å². The Morgan fingerprint density at radius 2 is 2.00 bits per heavy atom. The number of hydrogen-bond acceptors (Lipinski definition) is 4. The molecule has 6 nitrogen and oxygen atoms in total. The van der Waals surface area contributed by atoms with E-state index in [1.807, 2.05) is 30.3 Å². The van der Waals surface area contributed by atoms with Gasteiger partial charge in [-0.1, -0.05) is 30.3 Å². The number of carbonyl (C=O) groups is 2. The van der Waals surface area contributed by atoms with Gasteiger partial charge in [0, 0.05) is 24.8 Å². The molecule has 25 heavy (non-hydrogen) atoms. The van der Waals surface area contributed by atoms with Crippen LogP contribution in [0.25, 0.3) is 0 Å². The van der Waals surface area contributed by atoms with E-state index in [2.05, 4.69) is 4.98 Å². The number of hydrogen-bond donors (Lipinski definition) is 1. The van der Waals surface area contributed by atoms with Gasteiger partial charge in [0.2, 0.25) is 5.88 Å². The van der Waals surface area contributed by atoms with Crippen molar-refractivity contribution in [2.24, 2.45) is 5.92 Å². The maximum Gasteiger partial charge on any atom is 0.308 e. The largest absolute Gasteiger partial charge is 0.481 e. The second-order valence-corrected chi connectivity index (χ2v) is 6.13. The van der Waals surface area contributed by atoms with Gasteiger partial charge in [-0.05, 0) is 25.0 Å². The maximum atomic E-state index is 12.6. The third-order valence-electron chi connectivity index (χ3n) is 4.55. The van der Waals surface area contributed by atoms with Gasteiger partial charge in [0.15, 0.2) is 0 Å². The Bertz CT molecular complexity index is 746. The van der Waals surface area contributed by atoms with Gasteiger partial charge in [-0.25, -0.2) is 4.98 Å². The molecule has 1 aromatic heterocycles. The molecule has 130 valence electrons. The van der Waals surface area contributed by atoms with Gasteiger partial charge in [0.05, 0.1) is 11.5 Å². The van der Waals surface area contributed by atoms with E-state index in [-0.39, 0.29) is 11.9 Å². The van der Waals surface area contributed by atoms with E-state index < -0.39 is 11.9 Å². The zero-order chi connectivity index (χ0) is 17.8. The van der Waals surface area contributed by atoms with Crippen molar-refractivity contribution < 1.29 is 19.4 Å². The van der Waals surface area contributed by atoms with Crippen LogP contribution < -0.4 is 4.74 Å². The molecule has 1 aliphatic rings. The average Bonchev–Trinajstić information content (AvgIpc) is 3.02. The lowest BCUT2D eigenvalue weighted by Crippen LogP contribution is -2.37. The minimum Gasteiger partial charge on any atom is -0.481 e. The first-order chi connectivity index (χ1) is 12.1. The Morgan fingerprint density at radius 1 is 1.24 bits per heavy atom. The van der Waals surface area contributed by atoms with Crippen molar-refractivity contribution >= 4 is 11.9 Å². The van der Waals surface area contributed by atoms with Crippen LogP contribution in [0.3, 0.4) is 0 Å². The number of carbonyl (C=O) groups excluding carboxylic acids is 1. The van der Waals surface area contributed by atoms with Crippen LogP contribution in [0, 0.1) is 5.92 Å². The number of nitrogens with zero attached hydrogens (tertiary/aromatic N) is 2. The number of rotatable bonds is 5. The molecule has 0 spiro atoms. The first-order valence-electron chi connectivity index (χ1n) is 8.23. The molecule has 1 fully saturated rings. The third kappa shape index (κ3) is 3.79. The quantitative estimate of drug-likeness (QED) is 0.905. The number of carboxylic acids is 1. The number of benzene rings is 1. The molecule has 0 aliphatic carbocycles. The van der Waals surface area contributed by atoms with Gasteiger partial charge in [-0.3, -0.25) is 9.59 Å². The first-order valence-corrected chi connectivity index (χ1v) is 8.23. The highest BCUT2D eigenvalue weighted by atomic mass is 16.5. The molecule has 0 saturated carbocycles. The first kappa shape index (κ1) is 17.0. The summed E-state index contributed by atoms with van der Waals surface area (Å²) in [6, 6.07) is 12.7. The number of carboxylic acid groups (broad SMARTS) is 1. The van der Waals surface area contributed by atoms with Gasteiger partial charge in [-0.2, -0.15) is 0 Å². The summed E-state index contributed by atoms with van der Waals surface area (Å²) in [5, 5.41) is 9.18. The lowest BCUT2D eigenvalue weighted by atomic mass is 10.0. The van der Waals surface area contributed by atoms with Gasteiger partial charge in [0.1, 0.15) is 6.61 Å². The van der Waals surface area contributed by atoms with E-state index >= 15 is 0 Å². The molecule has 1 saturated heterocycles. The Balaban J connectivity index is 1.62. The summed E-state index contributed by atoms with van der Waals surface area (Å²) in [6.07, 6.45) is 1.96. The molecular weight excluding hydrogens is 320 g/mol. The van der Waals surface area contributed by atoms with Crippen molar-refractivity contribution in [1.29, 1.82) is 0 Å². The highest BCUT2D eigenvalue weighted by Crippen LogP contribution is 2.26. The van der Waals surface area contributed by atoms with E-state index in [1.165, 1.54) is 6.20 Å². The number of aliphatic carboxylic acids is 1. The second kappa shape index (κ2) is 7.34. The monoisotopic (exact) mass is 340 g/mol. The SMILES string of the molecule is CC1C(C(=O)O)CCN1C(=O)c1ccc(OCc2ccccc2)nc1. The zero-order valence-electron chi connectivity index (χ0n) is 14.0. The fourth-order valence-corrected chi connectivity index (χ4v) is 3.05. The van der Waals surface area contributed by atoms with Crippen LogP contribution in [0.2, 0.25) is 0 Å². The smallest absolute Gasteiger partial charge is 0.308 e. The number of likely N-dealkylation sites (tertiary alicyclic amines) is 1. The van der Waals surface area contributed by atoms with Crippen LogP contribution in [0.5, 0.6) is 5.88 Å². The zero-order valence-corrected chi connectivity index (χ0v) is 14.0. The Morgan fingerprint density at radius 3 is 2.60 bits per heavy atom. The van der Waals surface area contributed by atoms with E-state index in [4.69, 9.17) is 4.74 Å². The summed E-state index contributed by atoms with van der Waals surface area (Å²) < 4.78 is 5.61. The number of aromatic nitrogens is 1. The normalized spacial score (nSPS) is 19.6. The molecule has 1 N–H and O–H groups in total. The predicted molar refractivity (Wildman–Crippen MR) is 91.3 cm³/mol. The molecule has 6 heteroatoms. The van der Waals surface area contributed by atoms with Gasteiger partial charge in [0.25, 0.3) is 5.91 Å². The van der Waals surface area contributed by atoms with Crippen molar-refractivity contribution in [2.75, 3.05) is 6.54 Å². The van der Waals surface area contributed by atoms with Crippen LogP contribution in [-0.2, 0) is 11.4 Å². The fourth-order valence-electron chi connectivity index (χ4n) is 3.05. The molecule has 0 radical (unpaired) electrons. The topological polar surface area (TPSA) is 79.7 Å². The summed E-state index contributed by atoms with van der Waals surface area (Å²) in [5.41, 5.74) is 1.47. The summed E-state index contributed by atoms with van der Waals surface area (Å²) in [6.45, 7) is 2.63. The maximum absolute atomic E-state index is 12.6. The van der Waals surface area contributed by atoms with Crippen molar-refractivity contribution in [2.45, 2.75) is 26.0 Å². The molecular formula is C19H20N2O4. The summed E-state index contributed by atoms with van der Waals surface area (Å²) in [5.74, 6) is -1.12. The standard InChI is InChI=1S/C19H20N2O4/c1-13-16(19(23)24)9-10-21(13)18(22)15-7-8-17(20-11-15)25-12-14-5-3-2-4-6-14/h2-8,11,13,16H,9-10,12H2,1H3,(H,23,24). The van der Waals surface area contributed by atoms with Crippen molar-refractivity contribution in [3.05, 3.63) is 59.8 Å². The van der Waals surface area contributed by atoms with Crippen molar-refractivity contribution in [3.63, 3.8) is 0 Å². The van der Waals surface area contributed by atoms with Crippen LogP contribution >= 0.6 is 0 Å². The van der Waals surface area contributed by atoms with E-state index in [1.54, 1.807) is 24.0 Å². The Kier molecular flexibility index (Phi) is 4.97. The molecule has 2 atom stereocenters. The van der Waals surface area contributed by atoms with Gasteiger partial charge >= 0.3 is 5.97 Å². The minimum atomic E-state index is -0.856. The highest BCUT2D eigenvalue weighted by molar-refractivity contribution is 5.94. The molecule has 2 unspecified atom stereocenters. The lowest BCUT2D eigenvalue weighted by molar-refractivity contribution is -0.142. The molecule has 2 heterocycles. The summed E-state index contributed by atoms with van der Waals surface area (Å²) >= 11 is 0. The predicted octanol–water partition coefficient (Wildman–Crippen LogP) is 2.60. The molecule has 0 bridgehead atoms. The lowest BCUT2D eigenvalue weighted by Gasteiger charge is -2.23. The fraction of sp³-hybridized carbons (Fsp3) is 0.316. The molecule has 2 aromatic rings. The van der Waals surface area contributed by atoms with E-state index in [0.29, 0.717) is 31.0 Å². The second-order valence-electron chi connectivity index (χ2n) is 6.13. The third-order valence-corrected chi connectivity index (χ3v) is 4.55. The number of amides is 1.